The number of rotatable bonds is 3. The quantitative estimate of drug-likeness (QED) is 0.290. The van der Waals surface area contributed by atoms with Crippen molar-refractivity contribution in [1.82, 2.24) is 19.4 Å². The summed E-state index contributed by atoms with van der Waals surface area (Å²) in [6, 6.07) is -0.0726. The first kappa shape index (κ1) is 35.5. The van der Waals surface area contributed by atoms with Crippen LogP contribution in [0.2, 0.25) is 0 Å². The molecule has 0 spiro atoms. The molecule has 13 nitrogen and oxygen atoms in total. The first-order chi connectivity index (χ1) is 20.9. The number of imide groups is 1. The average molecular weight is 644 g/mol. The molecule has 254 valence electrons. The molecule has 0 unspecified atom stereocenters. The molecule has 0 aromatic carbocycles. The lowest BCUT2D eigenvalue weighted by molar-refractivity contribution is 0.00578. The summed E-state index contributed by atoms with van der Waals surface area (Å²) in [6.07, 6.45) is 2.19. The highest BCUT2D eigenvalue weighted by Gasteiger charge is 2.53. The van der Waals surface area contributed by atoms with E-state index >= 15 is 0 Å². The number of hydrogen-bond donors (Lipinski definition) is 0. The highest BCUT2D eigenvalue weighted by molar-refractivity contribution is 6.65. The Hall–Kier alpha value is -3.39. The summed E-state index contributed by atoms with van der Waals surface area (Å²) >= 11 is 0. The Bertz CT molecular complexity index is 1430. The summed E-state index contributed by atoms with van der Waals surface area (Å²) in [5.74, 6) is -0.0110. The second-order valence-electron chi connectivity index (χ2n) is 16.0. The number of carbonyl (C=O) groups excluding carboxylic acids is 3. The lowest BCUT2D eigenvalue weighted by Crippen LogP contribution is -2.45. The minimum Gasteiger partial charge on any atom is -0.444 e. The van der Waals surface area contributed by atoms with Crippen molar-refractivity contribution in [2.75, 3.05) is 18.0 Å². The van der Waals surface area contributed by atoms with E-state index in [1.165, 1.54) is 6.33 Å². The molecular formula is C32H50BN5O8. The van der Waals surface area contributed by atoms with E-state index in [2.05, 4.69) is 9.97 Å². The fraction of sp³-hybridized carbons (Fsp3) is 0.719. The number of nitrogens with zero attached hydrogens (tertiary/aromatic N) is 5. The number of ether oxygens (including phenoxy) is 3. The van der Waals surface area contributed by atoms with Crippen molar-refractivity contribution in [3.63, 3.8) is 0 Å². The monoisotopic (exact) mass is 643 g/mol. The van der Waals surface area contributed by atoms with Crippen LogP contribution in [0, 0.1) is 0 Å². The van der Waals surface area contributed by atoms with E-state index in [9.17, 15) is 14.4 Å². The average Bonchev–Trinajstić information content (AvgIpc) is 3.35. The normalized spacial score (nSPS) is 18.9. The molecule has 14 heteroatoms. The van der Waals surface area contributed by atoms with Crippen molar-refractivity contribution in [3.05, 3.63) is 12.5 Å². The van der Waals surface area contributed by atoms with Crippen molar-refractivity contribution in [3.8, 4) is 0 Å². The van der Waals surface area contributed by atoms with E-state index < -0.39 is 47.3 Å². The van der Waals surface area contributed by atoms with Crippen LogP contribution in [0.1, 0.15) is 109 Å². The van der Waals surface area contributed by atoms with Gasteiger partial charge in [-0.1, -0.05) is 0 Å². The van der Waals surface area contributed by atoms with Gasteiger partial charge in [0.25, 0.3) is 0 Å². The number of hydrogen-bond acceptors (Lipinski definition) is 10. The molecule has 0 N–H and O–H groups in total. The lowest BCUT2D eigenvalue weighted by Gasteiger charge is -2.34. The van der Waals surface area contributed by atoms with Gasteiger partial charge >= 0.3 is 25.4 Å². The van der Waals surface area contributed by atoms with Crippen molar-refractivity contribution in [1.29, 1.82) is 0 Å². The van der Waals surface area contributed by atoms with Gasteiger partial charge in [0.15, 0.2) is 5.82 Å². The number of fused-ring (bicyclic) bond motifs is 1. The molecule has 0 aliphatic carbocycles. The van der Waals surface area contributed by atoms with Crippen molar-refractivity contribution >= 4 is 47.7 Å². The molecular weight excluding hydrogens is 593 g/mol. The third-order valence-electron chi connectivity index (χ3n) is 8.00. The van der Waals surface area contributed by atoms with Gasteiger partial charge in [-0.2, -0.15) is 4.90 Å². The predicted molar refractivity (Wildman–Crippen MR) is 174 cm³/mol. The van der Waals surface area contributed by atoms with Crippen LogP contribution in [0.5, 0.6) is 0 Å². The molecule has 2 saturated heterocycles. The molecule has 2 aliphatic heterocycles. The Labute approximate surface area is 272 Å². The van der Waals surface area contributed by atoms with Crippen LogP contribution in [0.15, 0.2) is 12.5 Å². The number of amides is 3. The summed E-state index contributed by atoms with van der Waals surface area (Å²) in [7, 11) is -0.862. The van der Waals surface area contributed by atoms with Gasteiger partial charge < -0.3 is 33.0 Å². The molecule has 2 fully saturated rings. The minimum atomic E-state index is -0.944. The zero-order valence-electron chi connectivity index (χ0n) is 29.6. The third-order valence-corrected chi connectivity index (χ3v) is 8.00. The molecule has 2 aliphatic rings. The summed E-state index contributed by atoms with van der Waals surface area (Å²) < 4.78 is 31.8. The maximum Gasteiger partial charge on any atom is 0.497 e. The van der Waals surface area contributed by atoms with E-state index in [0.717, 1.165) is 4.90 Å². The van der Waals surface area contributed by atoms with Gasteiger partial charge in [0, 0.05) is 30.8 Å². The van der Waals surface area contributed by atoms with Crippen LogP contribution < -0.4 is 10.4 Å². The summed E-state index contributed by atoms with van der Waals surface area (Å²) in [5.41, 5.74) is -2.73. The third kappa shape index (κ3) is 7.76. The highest BCUT2D eigenvalue weighted by atomic mass is 16.7. The largest absolute Gasteiger partial charge is 0.497 e. The molecule has 46 heavy (non-hydrogen) atoms. The molecule has 2 aromatic heterocycles. The molecule has 4 rings (SSSR count). The molecule has 0 saturated carbocycles. The van der Waals surface area contributed by atoms with Crippen LogP contribution in [0.25, 0.3) is 11.0 Å². The SMILES string of the molecule is CC(C)(C)OC(=O)N1CCC(n2cc(B3OC(C)(C)C(C)(C)O3)c3c(N(C(=O)OC(C)(C)C)C(=O)OC(C)(C)C)ncnc32)CC1. The molecule has 0 bridgehead atoms. The number of likely N-dealkylation sites (tertiary alicyclic amines) is 1. The number of carbonyl (C=O) groups is 3. The molecule has 3 amide bonds. The minimum absolute atomic E-state index is 0.0110. The Morgan fingerprint density at radius 3 is 1.76 bits per heavy atom. The predicted octanol–water partition coefficient (Wildman–Crippen LogP) is 5.98. The molecule has 4 heterocycles. The smallest absolute Gasteiger partial charge is 0.444 e. The Morgan fingerprint density at radius 1 is 0.826 bits per heavy atom. The van der Waals surface area contributed by atoms with Crippen LogP contribution >= 0.6 is 0 Å². The Kier molecular flexibility index (Phi) is 9.26. The van der Waals surface area contributed by atoms with Crippen molar-refractivity contribution < 1.29 is 37.9 Å². The highest BCUT2D eigenvalue weighted by Crippen LogP contribution is 2.39. The van der Waals surface area contributed by atoms with Gasteiger partial charge in [0.2, 0.25) is 0 Å². The topological polar surface area (TPSA) is 135 Å². The van der Waals surface area contributed by atoms with E-state index in [1.54, 1.807) is 46.4 Å². The lowest BCUT2D eigenvalue weighted by atomic mass is 9.79. The Morgan fingerprint density at radius 2 is 1.30 bits per heavy atom. The standard InChI is InChI=1S/C32H50BN5O8/c1-28(2,3)42-25(39)36-16-14-20(15-17-36)37-18-21(33-45-31(10,11)32(12,13)46-33)22-23(37)34-19-35-24(22)38(26(40)43-29(4,5)6)27(41)44-30(7,8)9/h18-20H,14-17H2,1-13H3. The van der Waals surface area contributed by atoms with Gasteiger partial charge in [-0.15, -0.1) is 0 Å². The summed E-state index contributed by atoms with van der Waals surface area (Å²) in [4.78, 5) is 51.8. The van der Waals surface area contributed by atoms with Crippen LogP contribution in [-0.4, -0.2) is 85.9 Å². The first-order valence-corrected chi connectivity index (χ1v) is 15.8. The van der Waals surface area contributed by atoms with E-state index in [4.69, 9.17) is 23.5 Å². The first-order valence-electron chi connectivity index (χ1n) is 15.8. The Balaban J connectivity index is 1.84. The number of piperidine rings is 1. The van der Waals surface area contributed by atoms with Gasteiger partial charge in [0.1, 0.15) is 28.8 Å². The van der Waals surface area contributed by atoms with Gasteiger partial charge in [-0.3, -0.25) is 0 Å². The molecule has 0 atom stereocenters. The van der Waals surface area contributed by atoms with Crippen LogP contribution in [-0.2, 0) is 23.5 Å². The van der Waals surface area contributed by atoms with Crippen LogP contribution in [0.4, 0.5) is 20.2 Å². The van der Waals surface area contributed by atoms with E-state index in [1.807, 2.05) is 59.2 Å². The number of aromatic nitrogens is 3. The van der Waals surface area contributed by atoms with E-state index in [0.29, 0.717) is 42.4 Å². The number of anilines is 1. The van der Waals surface area contributed by atoms with Crippen LogP contribution in [0.3, 0.4) is 0 Å². The fourth-order valence-corrected chi connectivity index (χ4v) is 5.21. The second-order valence-corrected chi connectivity index (χ2v) is 16.0. The summed E-state index contributed by atoms with van der Waals surface area (Å²) in [6.45, 7) is 24.5. The summed E-state index contributed by atoms with van der Waals surface area (Å²) in [5, 5.41) is 0.396. The van der Waals surface area contributed by atoms with Crippen molar-refractivity contribution in [2.24, 2.45) is 0 Å². The zero-order chi connectivity index (χ0) is 34.6. The van der Waals surface area contributed by atoms with E-state index in [-0.39, 0.29) is 18.0 Å². The molecule has 2 aromatic rings. The maximum atomic E-state index is 13.7. The maximum absolute atomic E-state index is 13.7. The zero-order valence-corrected chi connectivity index (χ0v) is 29.6. The van der Waals surface area contributed by atoms with Crippen molar-refractivity contribution in [2.45, 2.75) is 137 Å². The molecule has 0 radical (unpaired) electrons. The van der Waals surface area contributed by atoms with Gasteiger partial charge in [-0.05, 0) is 103 Å². The fourth-order valence-electron chi connectivity index (χ4n) is 5.21. The second kappa shape index (κ2) is 12.0. The van der Waals surface area contributed by atoms with Gasteiger partial charge in [0.05, 0.1) is 16.6 Å². The van der Waals surface area contributed by atoms with Gasteiger partial charge in [-0.25, -0.2) is 24.4 Å².